The molecule has 1 atom stereocenters. The number of unbranched alkanes of at least 4 members (excludes halogenated alkanes) is 1. The summed E-state index contributed by atoms with van der Waals surface area (Å²) in [6, 6.07) is 23.1. The van der Waals surface area contributed by atoms with Gasteiger partial charge in [-0.15, -0.1) is 0 Å². The Kier molecular flexibility index (Phi) is 8.40. The number of anilines is 1. The number of hydrogen-bond donors (Lipinski definition) is 2. The lowest BCUT2D eigenvalue weighted by Crippen LogP contribution is -2.40. The van der Waals surface area contributed by atoms with Crippen molar-refractivity contribution in [3.05, 3.63) is 108 Å². The lowest BCUT2D eigenvalue weighted by molar-refractivity contribution is -0.117. The number of aryl methyl sites for hydroxylation is 1. The van der Waals surface area contributed by atoms with Crippen LogP contribution in [0, 0.1) is 0 Å². The SMILES string of the molecule is C=CC(=O)NC1CCN(S(=O)(=O)c2ccc(C(=O)NCCCCc3ccccc3)cc2)c2ccccc21. The van der Waals surface area contributed by atoms with Crippen LogP contribution in [0.4, 0.5) is 5.69 Å². The van der Waals surface area contributed by atoms with Gasteiger partial charge in [-0.25, -0.2) is 8.42 Å². The summed E-state index contributed by atoms with van der Waals surface area (Å²) in [7, 11) is -3.86. The highest BCUT2D eigenvalue weighted by Crippen LogP contribution is 2.37. The van der Waals surface area contributed by atoms with Gasteiger partial charge in [-0.05, 0) is 73.2 Å². The van der Waals surface area contributed by atoms with E-state index in [9.17, 15) is 18.0 Å². The quantitative estimate of drug-likeness (QED) is 0.308. The van der Waals surface area contributed by atoms with Crippen molar-refractivity contribution >= 4 is 27.5 Å². The molecule has 3 aromatic carbocycles. The topological polar surface area (TPSA) is 95.6 Å². The number of sulfonamides is 1. The molecule has 0 fully saturated rings. The third kappa shape index (κ3) is 6.27. The Morgan fingerprint density at radius 2 is 1.65 bits per heavy atom. The molecule has 37 heavy (non-hydrogen) atoms. The van der Waals surface area contributed by atoms with Gasteiger partial charge in [0, 0.05) is 18.7 Å². The molecule has 1 aliphatic rings. The molecule has 0 saturated heterocycles. The number of carbonyl (C=O) groups is 2. The smallest absolute Gasteiger partial charge is 0.264 e. The standard InChI is InChI=1S/C29H31N3O4S/c1-2-28(33)31-26-19-21-32(27-14-7-6-13-25(26)27)37(35,36)24-17-15-23(16-18-24)29(34)30-20-9-8-12-22-10-4-3-5-11-22/h2-7,10-11,13-18,26H,1,8-9,12,19-21H2,(H,30,34)(H,31,33). The zero-order valence-electron chi connectivity index (χ0n) is 20.6. The van der Waals surface area contributed by atoms with Gasteiger partial charge in [-0.3, -0.25) is 13.9 Å². The molecule has 3 aromatic rings. The Morgan fingerprint density at radius 3 is 2.38 bits per heavy atom. The number of amides is 2. The van der Waals surface area contributed by atoms with Gasteiger partial charge in [0.05, 0.1) is 16.6 Å². The molecule has 2 N–H and O–H groups in total. The minimum Gasteiger partial charge on any atom is -0.352 e. The van der Waals surface area contributed by atoms with Crippen LogP contribution in [0.1, 0.15) is 46.8 Å². The van der Waals surface area contributed by atoms with Crippen LogP contribution in [0.25, 0.3) is 0 Å². The fraction of sp³-hybridized carbons (Fsp3) is 0.241. The highest BCUT2D eigenvalue weighted by Gasteiger charge is 2.33. The molecule has 0 bridgehead atoms. The zero-order valence-corrected chi connectivity index (χ0v) is 21.4. The van der Waals surface area contributed by atoms with E-state index in [2.05, 4.69) is 29.3 Å². The third-order valence-corrected chi connectivity index (χ3v) is 8.26. The zero-order chi connectivity index (χ0) is 26.3. The molecule has 2 amide bonds. The highest BCUT2D eigenvalue weighted by molar-refractivity contribution is 7.92. The third-order valence-electron chi connectivity index (χ3n) is 6.43. The summed E-state index contributed by atoms with van der Waals surface area (Å²) in [6.07, 6.45) is 4.42. The first-order valence-corrected chi connectivity index (χ1v) is 13.8. The van der Waals surface area contributed by atoms with E-state index in [1.165, 1.54) is 40.2 Å². The minimum absolute atomic E-state index is 0.107. The maximum Gasteiger partial charge on any atom is 0.264 e. The number of fused-ring (bicyclic) bond motifs is 1. The van der Waals surface area contributed by atoms with Gasteiger partial charge in [0.15, 0.2) is 0 Å². The van der Waals surface area contributed by atoms with Crippen molar-refractivity contribution in [2.24, 2.45) is 0 Å². The van der Waals surface area contributed by atoms with Crippen LogP contribution in [0.3, 0.4) is 0 Å². The van der Waals surface area contributed by atoms with E-state index in [-0.39, 0.29) is 29.3 Å². The molecule has 0 radical (unpaired) electrons. The normalized spacial score (nSPS) is 14.9. The predicted octanol–water partition coefficient (Wildman–Crippen LogP) is 4.38. The molecule has 192 valence electrons. The maximum atomic E-state index is 13.5. The first-order chi connectivity index (χ1) is 17.9. The first kappa shape index (κ1) is 26.2. The molecule has 1 heterocycles. The van der Waals surface area contributed by atoms with Crippen molar-refractivity contribution in [3.63, 3.8) is 0 Å². The summed E-state index contributed by atoms with van der Waals surface area (Å²) in [4.78, 5) is 24.5. The average Bonchev–Trinajstić information content (AvgIpc) is 2.93. The Labute approximate surface area is 218 Å². The van der Waals surface area contributed by atoms with Crippen molar-refractivity contribution in [1.29, 1.82) is 0 Å². The van der Waals surface area contributed by atoms with Crippen molar-refractivity contribution in [1.82, 2.24) is 10.6 Å². The van der Waals surface area contributed by atoms with Crippen LogP contribution in [-0.2, 0) is 21.2 Å². The molecule has 4 rings (SSSR count). The number of nitrogens with zero attached hydrogens (tertiary/aromatic N) is 1. The van der Waals surface area contributed by atoms with Crippen LogP contribution in [0.5, 0.6) is 0 Å². The van der Waals surface area contributed by atoms with Crippen molar-refractivity contribution in [2.45, 2.75) is 36.6 Å². The minimum atomic E-state index is -3.86. The van der Waals surface area contributed by atoms with Gasteiger partial charge in [-0.1, -0.05) is 55.1 Å². The van der Waals surface area contributed by atoms with Gasteiger partial charge in [0.1, 0.15) is 0 Å². The molecule has 7 nitrogen and oxygen atoms in total. The molecule has 0 saturated carbocycles. The molecule has 0 aliphatic carbocycles. The van der Waals surface area contributed by atoms with Gasteiger partial charge in [0.2, 0.25) is 5.91 Å². The number of nitrogens with one attached hydrogen (secondary N) is 2. The van der Waals surface area contributed by atoms with Crippen molar-refractivity contribution in [2.75, 3.05) is 17.4 Å². The Hall–Kier alpha value is -3.91. The molecule has 1 aliphatic heterocycles. The van der Waals surface area contributed by atoms with E-state index in [0.29, 0.717) is 24.2 Å². The number of benzene rings is 3. The summed E-state index contributed by atoms with van der Waals surface area (Å²) >= 11 is 0. The van der Waals surface area contributed by atoms with E-state index in [0.717, 1.165) is 24.8 Å². The second-order valence-electron chi connectivity index (χ2n) is 8.91. The van der Waals surface area contributed by atoms with Crippen LogP contribution < -0.4 is 14.9 Å². The fourth-order valence-electron chi connectivity index (χ4n) is 4.47. The predicted molar refractivity (Wildman–Crippen MR) is 145 cm³/mol. The van der Waals surface area contributed by atoms with E-state index < -0.39 is 10.0 Å². The summed E-state index contributed by atoms with van der Waals surface area (Å²) in [5.74, 6) is -0.533. The summed E-state index contributed by atoms with van der Waals surface area (Å²) in [6.45, 7) is 4.25. The van der Waals surface area contributed by atoms with E-state index in [1.54, 1.807) is 12.1 Å². The van der Waals surface area contributed by atoms with Gasteiger partial charge >= 0.3 is 0 Å². The Bertz CT molecular complexity index is 1360. The molecule has 0 aromatic heterocycles. The fourth-order valence-corrected chi connectivity index (χ4v) is 5.98. The summed E-state index contributed by atoms with van der Waals surface area (Å²) in [5.41, 5.74) is 2.95. The van der Waals surface area contributed by atoms with Gasteiger partial charge in [0.25, 0.3) is 15.9 Å². The van der Waals surface area contributed by atoms with Crippen LogP contribution in [-0.4, -0.2) is 33.3 Å². The number of rotatable bonds is 10. The van der Waals surface area contributed by atoms with Crippen molar-refractivity contribution < 1.29 is 18.0 Å². The molecule has 0 spiro atoms. The highest BCUT2D eigenvalue weighted by atomic mass is 32.2. The first-order valence-electron chi connectivity index (χ1n) is 12.4. The van der Waals surface area contributed by atoms with Crippen LogP contribution in [0.15, 0.2) is 96.4 Å². The Balaban J connectivity index is 1.38. The van der Waals surface area contributed by atoms with Crippen molar-refractivity contribution in [3.8, 4) is 0 Å². The summed E-state index contributed by atoms with van der Waals surface area (Å²) < 4.78 is 28.4. The number of carbonyl (C=O) groups excluding carboxylic acids is 2. The van der Waals surface area contributed by atoms with Crippen LogP contribution >= 0.6 is 0 Å². The van der Waals surface area contributed by atoms with E-state index >= 15 is 0 Å². The molecule has 8 heteroatoms. The number of hydrogen-bond acceptors (Lipinski definition) is 4. The van der Waals surface area contributed by atoms with Gasteiger partial charge in [-0.2, -0.15) is 0 Å². The lowest BCUT2D eigenvalue weighted by Gasteiger charge is -2.35. The van der Waals surface area contributed by atoms with Crippen LogP contribution in [0.2, 0.25) is 0 Å². The average molecular weight is 518 g/mol. The molecule has 1 unspecified atom stereocenters. The van der Waals surface area contributed by atoms with E-state index in [4.69, 9.17) is 0 Å². The Morgan fingerprint density at radius 1 is 0.946 bits per heavy atom. The second-order valence-corrected chi connectivity index (χ2v) is 10.8. The largest absolute Gasteiger partial charge is 0.352 e. The summed E-state index contributed by atoms with van der Waals surface area (Å²) in [5, 5.41) is 5.77. The lowest BCUT2D eigenvalue weighted by atomic mass is 9.98. The number of para-hydroxylation sites is 1. The van der Waals surface area contributed by atoms with E-state index in [1.807, 2.05) is 30.3 Å². The second kappa shape index (κ2) is 11.9. The molecular weight excluding hydrogens is 486 g/mol. The monoisotopic (exact) mass is 517 g/mol. The molecular formula is C29H31N3O4S. The van der Waals surface area contributed by atoms with Gasteiger partial charge < -0.3 is 10.6 Å². The maximum absolute atomic E-state index is 13.5.